The monoisotopic (exact) mass is 293 g/mol. The Morgan fingerprint density at radius 2 is 1.68 bits per heavy atom. The fourth-order valence-corrected chi connectivity index (χ4v) is 2.23. The van der Waals surface area contributed by atoms with E-state index in [1.54, 1.807) is 18.3 Å². The highest BCUT2D eigenvalue weighted by atomic mass is 16.4. The zero-order valence-corrected chi connectivity index (χ0v) is 11.8. The minimum Gasteiger partial charge on any atom is -0.465 e. The van der Waals surface area contributed by atoms with Gasteiger partial charge in [0.1, 0.15) is 5.82 Å². The molecular formula is C17H15N3O2. The zero-order chi connectivity index (χ0) is 15.4. The number of hydrogen-bond donors (Lipinski definition) is 2. The quantitative estimate of drug-likeness (QED) is 0.769. The predicted octanol–water partition coefficient (Wildman–Crippen LogP) is 3.76. The van der Waals surface area contributed by atoms with Crippen molar-refractivity contribution in [1.29, 1.82) is 0 Å². The number of aromatic nitrogens is 2. The molecule has 1 heterocycles. The summed E-state index contributed by atoms with van der Waals surface area (Å²) in [6, 6.07) is 18.7. The normalized spacial score (nSPS) is 10.4. The number of H-pyrrole nitrogens is 1. The van der Waals surface area contributed by atoms with Crippen LogP contribution in [0.25, 0.3) is 11.3 Å². The van der Waals surface area contributed by atoms with Gasteiger partial charge in [-0.2, -0.15) is 0 Å². The first-order valence-corrected chi connectivity index (χ1v) is 6.89. The fraction of sp³-hybridized carbons (Fsp3) is 0.0588. The van der Waals surface area contributed by atoms with Crippen molar-refractivity contribution in [1.82, 2.24) is 9.97 Å². The summed E-state index contributed by atoms with van der Waals surface area (Å²) in [5.41, 5.74) is 2.41. The van der Waals surface area contributed by atoms with Crippen molar-refractivity contribution in [2.45, 2.75) is 6.54 Å². The van der Waals surface area contributed by atoms with Crippen LogP contribution in [0.2, 0.25) is 0 Å². The van der Waals surface area contributed by atoms with E-state index in [0.717, 1.165) is 11.3 Å². The lowest BCUT2D eigenvalue weighted by Crippen LogP contribution is -2.29. The number of benzene rings is 2. The molecule has 0 aliphatic rings. The molecule has 0 aliphatic carbocycles. The van der Waals surface area contributed by atoms with Gasteiger partial charge in [0.15, 0.2) is 0 Å². The van der Waals surface area contributed by atoms with E-state index in [1.807, 2.05) is 48.5 Å². The lowest BCUT2D eigenvalue weighted by atomic mass is 10.2. The van der Waals surface area contributed by atoms with Crippen LogP contribution in [-0.2, 0) is 6.54 Å². The Morgan fingerprint density at radius 1 is 1.05 bits per heavy atom. The third-order valence-electron chi connectivity index (χ3n) is 3.31. The SMILES string of the molecule is O=C(O)N(Cc1nc(-c2ccccc2)c[nH]1)c1ccccc1. The van der Waals surface area contributed by atoms with Gasteiger partial charge in [0.25, 0.3) is 0 Å². The van der Waals surface area contributed by atoms with E-state index in [1.165, 1.54) is 4.90 Å². The Hall–Kier alpha value is -3.08. The Kier molecular flexibility index (Phi) is 3.87. The third kappa shape index (κ3) is 2.98. The minimum atomic E-state index is -1.01. The molecular weight excluding hydrogens is 278 g/mol. The van der Waals surface area contributed by atoms with Crippen LogP contribution in [-0.4, -0.2) is 21.2 Å². The smallest absolute Gasteiger partial charge is 0.412 e. The number of rotatable bonds is 4. The molecule has 0 unspecified atom stereocenters. The second-order valence-corrected chi connectivity index (χ2v) is 4.80. The highest BCUT2D eigenvalue weighted by molar-refractivity contribution is 5.85. The number of carboxylic acid groups (broad SMARTS) is 1. The molecule has 3 rings (SSSR count). The van der Waals surface area contributed by atoms with Gasteiger partial charge < -0.3 is 10.1 Å². The summed E-state index contributed by atoms with van der Waals surface area (Å²) in [6.07, 6.45) is 0.777. The van der Waals surface area contributed by atoms with Crippen LogP contribution in [0.3, 0.4) is 0 Å². The summed E-state index contributed by atoms with van der Waals surface area (Å²) in [6.45, 7) is 0.173. The molecule has 22 heavy (non-hydrogen) atoms. The van der Waals surface area contributed by atoms with Gasteiger partial charge in [-0.15, -0.1) is 0 Å². The van der Waals surface area contributed by atoms with E-state index in [4.69, 9.17) is 0 Å². The largest absolute Gasteiger partial charge is 0.465 e. The molecule has 0 aliphatic heterocycles. The first-order chi connectivity index (χ1) is 10.7. The molecule has 5 heteroatoms. The van der Waals surface area contributed by atoms with Gasteiger partial charge in [-0.05, 0) is 12.1 Å². The number of imidazole rings is 1. The highest BCUT2D eigenvalue weighted by Crippen LogP contribution is 2.19. The second kappa shape index (κ2) is 6.13. The van der Waals surface area contributed by atoms with Crippen molar-refractivity contribution in [2.75, 3.05) is 4.90 Å². The molecule has 0 fully saturated rings. The molecule has 3 aromatic rings. The predicted molar refractivity (Wildman–Crippen MR) is 84.7 cm³/mol. The zero-order valence-electron chi connectivity index (χ0n) is 11.8. The summed E-state index contributed by atoms with van der Waals surface area (Å²) < 4.78 is 0. The number of amides is 1. The molecule has 1 amide bonds. The van der Waals surface area contributed by atoms with Gasteiger partial charge in [0, 0.05) is 17.4 Å². The van der Waals surface area contributed by atoms with Crippen molar-refractivity contribution in [3.8, 4) is 11.3 Å². The molecule has 1 aromatic heterocycles. The van der Waals surface area contributed by atoms with Crippen LogP contribution < -0.4 is 4.90 Å². The molecule has 2 N–H and O–H groups in total. The maximum atomic E-state index is 11.5. The van der Waals surface area contributed by atoms with Crippen molar-refractivity contribution in [2.24, 2.45) is 0 Å². The molecule has 0 atom stereocenters. The molecule has 2 aromatic carbocycles. The van der Waals surface area contributed by atoms with Gasteiger partial charge >= 0.3 is 6.09 Å². The number of carbonyl (C=O) groups is 1. The van der Waals surface area contributed by atoms with Crippen LogP contribution in [0.15, 0.2) is 66.9 Å². The molecule has 0 saturated carbocycles. The Labute approximate surface area is 127 Å². The molecule has 0 spiro atoms. The van der Waals surface area contributed by atoms with Crippen LogP contribution in [0.1, 0.15) is 5.82 Å². The standard InChI is InChI=1S/C17H15N3O2/c21-17(22)20(14-9-5-2-6-10-14)12-16-18-11-15(19-16)13-7-3-1-4-8-13/h1-11H,12H2,(H,18,19)(H,21,22). The second-order valence-electron chi connectivity index (χ2n) is 4.80. The fourth-order valence-electron chi connectivity index (χ4n) is 2.23. The highest BCUT2D eigenvalue weighted by Gasteiger charge is 2.16. The minimum absolute atomic E-state index is 0.173. The number of hydrogen-bond acceptors (Lipinski definition) is 2. The summed E-state index contributed by atoms with van der Waals surface area (Å²) in [7, 11) is 0. The number of nitrogens with one attached hydrogen (secondary N) is 1. The van der Waals surface area contributed by atoms with Crippen molar-refractivity contribution < 1.29 is 9.90 Å². The summed E-state index contributed by atoms with van der Waals surface area (Å²) in [4.78, 5) is 20.2. The molecule has 0 bridgehead atoms. The maximum absolute atomic E-state index is 11.5. The summed E-state index contributed by atoms with van der Waals surface area (Å²) in [5, 5.41) is 9.40. The maximum Gasteiger partial charge on any atom is 0.412 e. The van der Waals surface area contributed by atoms with E-state index in [9.17, 15) is 9.90 Å². The summed E-state index contributed by atoms with van der Waals surface area (Å²) >= 11 is 0. The van der Waals surface area contributed by atoms with Gasteiger partial charge in [-0.1, -0.05) is 48.5 Å². The van der Waals surface area contributed by atoms with Crippen molar-refractivity contribution in [3.05, 3.63) is 72.7 Å². The lowest BCUT2D eigenvalue weighted by Gasteiger charge is -2.17. The average Bonchev–Trinajstić information content (AvgIpc) is 3.03. The number of aromatic amines is 1. The molecule has 110 valence electrons. The molecule has 0 radical (unpaired) electrons. The number of para-hydroxylation sites is 1. The summed E-state index contributed by atoms with van der Waals surface area (Å²) in [5.74, 6) is 0.602. The van der Waals surface area contributed by atoms with Gasteiger partial charge in [0.2, 0.25) is 0 Å². The van der Waals surface area contributed by atoms with E-state index >= 15 is 0 Å². The molecule has 5 nitrogen and oxygen atoms in total. The first kappa shape index (κ1) is 13.9. The van der Waals surface area contributed by atoms with Crippen LogP contribution in [0.4, 0.5) is 10.5 Å². The third-order valence-corrected chi connectivity index (χ3v) is 3.31. The van der Waals surface area contributed by atoms with Crippen LogP contribution in [0, 0.1) is 0 Å². The van der Waals surface area contributed by atoms with E-state index < -0.39 is 6.09 Å². The Morgan fingerprint density at radius 3 is 2.32 bits per heavy atom. The van der Waals surface area contributed by atoms with E-state index in [-0.39, 0.29) is 6.54 Å². The lowest BCUT2D eigenvalue weighted by molar-refractivity contribution is 0.201. The van der Waals surface area contributed by atoms with Crippen molar-refractivity contribution >= 4 is 11.8 Å². The Balaban J connectivity index is 1.83. The number of nitrogens with zero attached hydrogens (tertiary/aromatic N) is 2. The van der Waals surface area contributed by atoms with Gasteiger partial charge in [-0.3, -0.25) is 4.90 Å². The van der Waals surface area contributed by atoms with E-state index in [0.29, 0.717) is 11.5 Å². The number of anilines is 1. The van der Waals surface area contributed by atoms with Crippen molar-refractivity contribution in [3.63, 3.8) is 0 Å². The van der Waals surface area contributed by atoms with E-state index in [2.05, 4.69) is 9.97 Å². The van der Waals surface area contributed by atoms with Gasteiger partial charge in [0.05, 0.1) is 12.2 Å². The topological polar surface area (TPSA) is 69.2 Å². The van der Waals surface area contributed by atoms with Crippen LogP contribution >= 0.6 is 0 Å². The average molecular weight is 293 g/mol. The van der Waals surface area contributed by atoms with Crippen LogP contribution in [0.5, 0.6) is 0 Å². The van der Waals surface area contributed by atoms with Gasteiger partial charge in [-0.25, -0.2) is 9.78 Å². The molecule has 0 saturated heterocycles. The Bertz CT molecular complexity index is 754. The first-order valence-electron chi connectivity index (χ1n) is 6.89.